The average Bonchev–Trinajstić information content (AvgIpc) is 2.64. The minimum Gasteiger partial charge on any atom is -0.279 e. The lowest BCUT2D eigenvalue weighted by Crippen LogP contribution is -2.26. The quantitative estimate of drug-likeness (QED) is 0.301. The van der Waals surface area contributed by atoms with Crippen LogP contribution in [0.4, 0.5) is 0 Å². The van der Waals surface area contributed by atoms with Crippen LogP contribution in [0.5, 0.6) is 0 Å². The van der Waals surface area contributed by atoms with Gasteiger partial charge in [-0.1, -0.05) is 44.3 Å². The number of hydrogen-bond acceptors (Lipinski definition) is 3. The van der Waals surface area contributed by atoms with E-state index in [0.29, 0.717) is 0 Å². The third kappa shape index (κ3) is 5.55. The number of nitrogens with zero attached hydrogens (tertiary/aromatic N) is 1. The van der Waals surface area contributed by atoms with E-state index < -0.39 is 11.8 Å². The van der Waals surface area contributed by atoms with Gasteiger partial charge in [0.1, 0.15) is 0 Å². The molecule has 0 aromatic carbocycles. The third-order valence-corrected chi connectivity index (χ3v) is 3.62. The highest BCUT2D eigenvalue weighted by Gasteiger charge is 2.37. The van der Waals surface area contributed by atoms with Crippen molar-refractivity contribution in [1.82, 2.24) is 5.06 Å². The van der Waals surface area contributed by atoms with Crippen LogP contribution in [-0.4, -0.2) is 22.1 Å². The monoisotopic (exact) mass is 267 g/mol. The molecule has 0 saturated carbocycles. The van der Waals surface area contributed by atoms with Gasteiger partial charge in [0.05, 0.1) is 0 Å². The Balaban J connectivity index is 1.97. The third-order valence-electron chi connectivity index (χ3n) is 3.62. The summed E-state index contributed by atoms with van der Waals surface area (Å²) in [6, 6.07) is 0. The van der Waals surface area contributed by atoms with Crippen LogP contribution in [0.2, 0.25) is 0 Å². The van der Waals surface area contributed by atoms with E-state index in [1.807, 2.05) is 6.92 Å². The minimum atomic E-state index is -0.459. The molecule has 1 saturated heterocycles. The lowest BCUT2D eigenvalue weighted by atomic mass is 9.99. The zero-order chi connectivity index (χ0) is 14.1. The van der Waals surface area contributed by atoms with Crippen molar-refractivity contribution in [1.29, 1.82) is 0 Å². The van der Waals surface area contributed by atoms with E-state index in [1.165, 1.54) is 32.1 Å². The Bertz CT molecular complexity index is 325. The Kier molecular flexibility index (Phi) is 7.41. The van der Waals surface area contributed by atoms with Crippen LogP contribution in [0.15, 0.2) is 12.2 Å². The number of hydroxylamine groups is 2. The zero-order valence-electron chi connectivity index (χ0n) is 11.8. The molecule has 1 aliphatic rings. The molecule has 1 heterocycles. The van der Waals surface area contributed by atoms with Crippen molar-refractivity contribution in [3.05, 3.63) is 12.2 Å². The van der Waals surface area contributed by atoms with Crippen molar-refractivity contribution in [3.8, 4) is 0 Å². The maximum absolute atomic E-state index is 11.4. The summed E-state index contributed by atoms with van der Waals surface area (Å²) in [5, 5.41) is 9.39. The second-order valence-electron chi connectivity index (χ2n) is 5.21. The van der Waals surface area contributed by atoms with Gasteiger partial charge in [-0.2, -0.15) is 5.06 Å². The van der Waals surface area contributed by atoms with E-state index in [9.17, 15) is 9.59 Å². The summed E-state index contributed by atoms with van der Waals surface area (Å²) in [6.45, 7) is 2.04. The van der Waals surface area contributed by atoms with Crippen LogP contribution >= 0.6 is 0 Å². The second kappa shape index (κ2) is 8.86. The lowest BCUT2D eigenvalue weighted by molar-refractivity contribution is -0.172. The predicted molar refractivity (Wildman–Crippen MR) is 73.5 cm³/mol. The first-order chi connectivity index (χ1) is 9.16. The van der Waals surface area contributed by atoms with E-state index in [0.717, 1.165) is 19.3 Å². The molecule has 2 amide bonds. The maximum Gasteiger partial charge on any atom is 0.256 e. The van der Waals surface area contributed by atoms with Gasteiger partial charge < -0.3 is 0 Å². The molecule has 0 radical (unpaired) electrons. The summed E-state index contributed by atoms with van der Waals surface area (Å²) in [7, 11) is 0. The molecular weight excluding hydrogens is 242 g/mol. The highest BCUT2D eigenvalue weighted by molar-refractivity contribution is 6.02. The van der Waals surface area contributed by atoms with Crippen molar-refractivity contribution in [2.75, 3.05) is 0 Å². The topological polar surface area (TPSA) is 57.6 Å². The van der Waals surface area contributed by atoms with Crippen LogP contribution in [0.3, 0.4) is 0 Å². The number of amides is 2. The number of imide groups is 1. The molecule has 4 nitrogen and oxygen atoms in total. The number of allylic oxidation sites excluding steroid dienone is 2. The van der Waals surface area contributed by atoms with E-state index in [2.05, 4.69) is 12.2 Å². The Morgan fingerprint density at radius 2 is 1.79 bits per heavy atom. The number of rotatable bonds is 9. The molecule has 108 valence electrons. The SMILES string of the molecule is C/C=C\CCCCCCCCC1CC(=O)N(O)C1=O. The first kappa shape index (κ1) is 15.9. The van der Waals surface area contributed by atoms with Crippen molar-refractivity contribution < 1.29 is 14.8 Å². The van der Waals surface area contributed by atoms with E-state index >= 15 is 0 Å². The first-order valence-corrected chi connectivity index (χ1v) is 7.33. The van der Waals surface area contributed by atoms with Crippen molar-refractivity contribution in [3.63, 3.8) is 0 Å². The molecule has 0 aromatic heterocycles. The van der Waals surface area contributed by atoms with E-state index in [-0.39, 0.29) is 17.4 Å². The number of carbonyl (C=O) groups is 2. The smallest absolute Gasteiger partial charge is 0.256 e. The molecule has 0 aromatic rings. The zero-order valence-corrected chi connectivity index (χ0v) is 11.8. The van der Waals surface area contributed by atoms with Gasteiger partial charge in [-0.05, 0) is 26.2 Å². The van der Waals surface area contributed by atoms with Crippen molar-refractivity contribution in [2.24, 2.45) is 5.92 Å². The highest BCUT2D eigenvalue weighted by Crippen LogP contribution is 2.23. The van der Waals surface area contributed by atoms with Gasteiger partial charge in [-0.15, -0.1) is 0 Å². The molecule has 1 fully saturated rings. The fourth-order valence-corrected chi connectivity index (χ4v) is 2.43. The summed E-state index contributed by atoms with van der Waals surface area (Å²) >= 11 is 0. The first-order valence-electron chi connectivity index (χ1n) is 7.33. The van der Waals surface area contributed by atoms with Gasteiger partial charge >= 0.3 is 0 Å². The molecule has 1 aliphatic heterocycles. The van der Waals surface area contributed by atoms with Gasteiger partial charge in [0.25, 0.3) is 11.8 Å². The van der Waals surface area contributed by atoms with Crippen LogP contribution in [0.25, 0.3) is 0 Å². The number of carbonyl (C=O) groups excluding carboxylic acids is 2. The fourth-order valence-electron chi connectivity index (χ4n) is 2.43. The average molecular weight is 267 g/mol. The molecule has 1 atom stereocenters. The van der Waals surface area contributed by atoms with Crippen LogP contribution in [0, 0.1) is 5.92 Å². The second-order valence-corrected chi connectivity index (χ2v) is 5.21. The predicted octanol–water partition coefficient (Wildman–Crippen LogP) is 3.45. The molecule has 1 N–H and O–H groups in total. The number of hydrogen-bond donors (Lipinski definition) is 1. The minimum absolute atomic E-state index is 0.179. The molecular formula is C15H25NO3. The lowest BCUT2D eigenvalue weighted by Gasteiger charge is -2.07. The van der Waals surface area contributed by atoms with Gasteiger partial charge in [-0.25, -0.2) is 0 Å². The van der Waals surface area contributed by atoms with E-state index in [1.54, 1.807) is 0 Å². The standard InChI is InChI=1S/C15H25NO3/c1-2-3-4-5-6-7-8-9-10-11-13-12-14(17)16(19)15(13)18/h2-3,13,19H,4-12H2,1H3/b3-2-. The Morgan fingerprint density at radius 3 is 2.37 bits per heavy atom. The molecule has 1 unspecified atom stereocenters. The molecule has 0 spiro atoms. The Labute approximate surface area is 115 Å². The largest absolute Gasteiger partial charge is 0.279 e. The van der Waals surface area contributed by atoms with Crippen molar-refractivity contribution in [2.45, 2.75) is 64.7 Å². The highest BCUT2D eigenvalue weighted by atomic mass is 16.5. The van der Waals surface area contributed by atoms with Crippen molar-refractivity contribution >= 4 is 11.8 Å². The van der Waals surface area contributed by atoms with Gasteiger partial charge in [0, 0.05) is 12.3 Å². The molecule has 4 heteroatoms. The van der Waals surface area contributed by atoms with Gasteiger partial charge in [-0.3, -0.25) is 14.8 Å². The molecule has 19 heavy (non-hydrogen) atoms. The summed E-state index contributed by atoms with van der Waals surface area (Å²) in [6.07, 6.45) is 13.4. The normalized spacial score (nSPS) is 19.9. The summed E-state index contributed by atoms with van der Waals surface area (Å²) in [4.78, 5) is 22.5. The summed E-state index contributed by atoms with van der Waals surface area (Å²) < 4.78 is 0. The Morgan fingerprint density at radius 1 is 1.16 bits per heavy atom. The number of unbranched alkanes of at least 4 members (excludes halogenated alkanes) is 6. The van der Waals surface area contributed by atoms with Gasteiger partial charge in [0.15, 0.2) is 0 Å². The molecule has 0 bridgehead atoms. The fraction of sp³-hybridized carbons (Fsp3) is 0.733. The van der Waals surface area contributed by atoms with Gasteiger partial charge in [0.2, 0.25) is 0 Å². The van der Waals surface area contributed by atoms with Crippen LogP contribution < -0.4 is 0 Å². The Hall–Kier alpha value is -1.16. The summed E-state index contributed by atoms with van der Waals surface area (Å²) in [5.74, 6) is -1.16. The summed E-state index contributed by atoms with van der Waals surface area (Å²) in [5.41, 5.74) is 0. The maximum atomic E-state index is 11.4. The molecule has 1 rings (SSSR count). The van der Waals surface area contributed by atoms with Crippen LogP contribution in [0.1, 0.15) is 64.7 Å². The van der Waals surface area contributed by atoms with Crippen LogP contribution in [-0.2, 0) is 9.59 Å². The van der Waals surface area contributed by atoms with E-state index in [4.69, 9.17) is 5.21 Å². The molecule has 0 aliphatic carbocycles.